The monoisotopic (exact) mass is 443 g/mol. The number of carbonyl (C=O) groups is 2. The van der Waals surface area contributed by atoms with Gasteiger partial charge in [-0.05, 0) is 42.5 Å². The maximum atomic E-state index is 13.7. The zero-order valence-electron chi connectivity index (χ0n) is 16.8. The summed E-state index contributed by atoms with van der Waals surface area (Å²) < 4.78 is 24.8. The number of fused-ring (bicyclic) bond motifs is 2. The molecule has 162 valence electrons. The number of hydrogen-bond donors (Lipinski definition) is 2. The molecule has 2 N–H and O–H groups in total. The molecule has 0 saturated heterocycles. The molecule has 1 aliphatic heterocycles. The lowest BCUT2D eigenvalue weighted by Gasteiger charge is -2.21. The van der Waals surface area contributed by atoms with E-state index in [1.165, 1.54) is 24.5 Å². The number of aromatic amines is 1. The standard InChI is InChI=1S/C24H14FN3O5/c25-13-7-8-14-15(11-13)27-24(26-14)28-20(17-6-3-9-32-17)19(22(30)23(28)31)21(29)18-10-12-4-1-2-5-16(12)33-18/h1-11,20,30H,(H,26,27). The van der Waals surface area contributed by atoms with E-state index in [1.807, 2.05) is 0 Å². The van der Waals surface area contributed by atoms with Gasteiger partial charge < -0.3 is 18.9 Å². The van der Waals surface area contributed by atoms with Crippen LogP contribution in [0.15, 0.2) is 87.1 Å². The quantitative estimate of drug-likeness (QED) is 0.385. The van der Waals surface area contributed by atoms with Crippen molar-refractivity contribution in [1.82, 2.24) is 9.97 Å². The van der Waals surface area contributed by atoms with E-state index < -0.39 is 29.3 Å². The van der Waals surface area contributed by atoms with Crippen LogP contribution in [0, 0.1) is 5.82 Å². The van der Waals surface area contributed by atoms with Gasteiger partial charge in [0.2, 0.25) is 11.7 Å². The van der Waals surface area contributed by atoms with E-state index in [1.54, 1.807) is 42.5 Å². The van der Waals surface area contributed by atoms with Gasteiger partial charge in [0, 0.05) is 5.39 Å². The summed E-state index contributed by atoms with van der Waals surface area (Å²) in [5.41, 5.74) is 1.05. The summed E-state index contributed by atoms with van der Waals surface area (Å²) in [5.74, 6) is -2.50. The Morgan fingerprint density at radius 2 is 1.97 bits per heavy atom. The second-order valence-electron chi connectivity index (χ2n) is 7.55. The molecule has 6 rings (SSSR count). The topological polar surface area (TPSA) is 113 Å². The highest BCUT2D eigenvalue weighted by Gasteiger charge is 2.48. The van der Waals surface area contributed by atoms with Crippen molar-refractivity contribution in [3.8, 4) is 0 Å². The molecule has 1 unspecified atom stereocenters. The van der Waals surface area contributed by atoms with Crippen LogP contribution < -0.4 is 4.90 Å². The molecular formula is C24H14FN3O5. The Kier molecular flexibility index (Phi) is 4.00. The molecular weight excluding hydrogens is 429 g/mol. The molecule has 9 heteroatoms. The van der Waals surface area contributed by atoms with Crippen molar-refractivity contribution in [3.05, 3.63) is 95.6 Å². The van der Waals surface area contributed by atoms with Gasteiger partial charge in [0.25, 0.3) is 5.91 Å². The van der Waals surface area contributed by atoms with Crippen LogP contribution in [0.5, 0.6) is 0 Å². The van der Waals surface area contributed by atoms with E-state index in [2.05, 4.69) is 9.97 Å². The second kappa shape index (κ2) is 6.92. The lowest BCUT2D eigenvalue weighted by atomic mass is 9.99. The molecule has 0 spiro atoms. The number of ketones is 1. The number of aliphatic hydroxyl groups excluding tert-OH is 1. The molecule has 0 bridgehead atoms. The number of H-pyrrole nitrogens is 1. The first-order valence-electron chi connectivity index (χ1n) is 10.00. The van der Waals surface area contributed by atoms with Crippen molar-refractivity contribution in [2.45, 2.75) is 6.04 Å². The van der Waals surface area contributed by atoms with E-state index in [0.717, 1.165) is 4.90 Å². The first-order chi connectivity index (χ1) is 16.0. The molecule has 0 aliphatic carbocycles. The molecule has 8 nitrogen and oxygen atoms in total. The van der Waals surface area contributed by atoms with Crippen molar-refractivity contribution in [1.29, 1.82) is 0 Å². The lowest BCUT2D eigenvalue weighted by molar-refractivity contribution is -0.117. The van der Waals surface area contributed by atoms with Crippen molar-refractivity contribution >= 4 is 39.6 Å². The average molecular weight is 443 g/mol. The number of aliphatic hydroxyl groups is 1. The zero-order chi connectivity index (χ0) is 22.7. The molecule has 1 amide bonds. The summed E-state index contributed by atoms with van der Waals surface area (Å²) in [4.78, 5) is 34.9. The number of anilines is 1. The molecule has 5 aromatic rings. The van der Waals surface area contributed by atoms with Gasteiger partial charge in [-0.25, -0.2) is 9.37 Å². The number of halogens is 1. The Morgan fingerprint density at radius 3 is 2.76 bits per heavy atom. The summed E-state index contributed by atoms with van der Waals surface area (Å²) in [6, 6.07) is 14.6. The lowest BCUT2D eigenvalue weighted by Crippen LogP contribution is -2.31. The van der Waals surface area contributed by atoms with Crippen LogP contribution in [0.2, 0.25) is 0 Å². The molecule has 3 aromatic heterocycles. The van der Waals surface area contributed by atoms with Gasteiger partial charge in [-0.15, -0.1) is 0 Å². The number of nitrogens with one attached hydrogen (secondary N) is 1. The minimum Gasteiger partial charge on any atom is -0.503 e. The van der Waals surface area contributed by atoms with Crippen molar-refractivity contribution in [3.63, 3.8) is 0 Å². The molecule has 33 heavy (non-hydrogen) atoms. The van der Waals surface area contributed by atoms with E-state index in [-0.39, 0.29) is 23.0 Å². The zero-order valence-corrected chi connectivity index (χ0v) is 16.8. The number of benzene rings is 2. The van der Waals surface area contributed by atoms with Crippen LogP contribution in [-0.4, -0.2) is 26.8 Å². The Morgan fingerprint density at radius 1 is 1.12 bits per heavy atom. The Balaban J connectivity index is 1.49. The molecule has 0 fully saturated rings. The maximum Gasteiger partial charge on any atom is 0.296 e. The number of furan rings is 2. The number of imidazole rings is 1. The first kappa shape index (κ1) is 19.1. The van der Waals surface area contributed by atoms with Crippen molar-refractivity contribution in [2.75, 3.05) is 4.90 Å². The Labute approximate surface area is 184 Å². The fraction of sp³-hybridized carbons (Fsp3) is 0.0417. The van der Waals surface area contributed by atoms with Crippen LogP contribution in [0.25, 0.3) is 22.0 Å². The van der Waals surface area contributed by atoms with Crippen molar-refractivity contribution in [2.24, 2.45) is 0 Å². The largest absolute Gasteiger partial charge is 0.503 e. The molecule has 0 saturated carbocycles. The molecule has 4 heterocycles. The number of rotatable bonds is 4. The van der Waals surface area contributed by atoms with Gasteiger partial charge in [0.05, 0.1) is 22.9 Å². The van der Waals surface area contributed by atoms with Crippen LogP contribution >= 0.6 is 0 Å². The normalized spacial score (nSPS) is 16.5. The van der Waals surface area contributed by atoms with E-state index in [9.17, 15) is 19.1 Å². The summed E-state index contributed by atoms with van der Waals surface area (Å²) in [5, 5.41) is 11.5. The number of aromatic nitrogens is 2. The highest BCUT2D eigenvalue weighted by atomic mass is 19.1. The average Bonchev–Trinajstić information content (AvgIpc) is 3.59. The molecule has 1 aliphatic rings. The van der Waals surface area contributed by atoms with Gasteiger partial charge in [0.1, 0.15) is 23.2 Å². The molecule has 1 atom stereocenters. The van der Waals surface area contributed by atoms with Gasteiger partial charge in [0.15, 0.2) is 11.5 Å². The summed E-state index contributed by atoms with van der Waals surface area (Å²) >= 11 is 0. The summed E-state index contributed by atoms with van der Waals surface area (Å²) in [6.07, 6.45) is 1.39. The third kappa shape index (κ3) is 2.86. The highest BCUT2D eigenvalue weighted by Crippen LogP contribution is 2.42. The maximum absolute atomic E-state index is 13.7. The number of amides is 1. The smallest absolute Gasteiger partial charge is 0.296 e. The summed E-state index contributed by atoms with van der Waals surface area (Å²) in [7, 11) is 0. The molecule has 2 aromatic carbocycles. The molecule has 0 radical (unpaired) electrons. The fourth-order valence-corrected chi connectivity index (χ4v) is 4.08. The highest BCUT2D eigenvalue weighted by molar-refractivity contribution is 6.20. The third-order valence-electron chi connectivity index (χ3n) is 5.57. The number of Topliss-reactive ketones (excluding diaryl/α,β-unsaturated/α-hetero) is 1. The number of para-hydroxylation sites is 1. The van der Waals surface area contributed by atoms with Gasteiger partial charge in [-0.2, -0.15) is 0 Å². The number of hydrogen-bond acceptors (Lipinski definition) is 6. The van der Waals surface area contributed by atoms with Crippen LogP contribution in [0.3, 0.4) is 0 Å². The van der Waals surface area contributed by atoms with E-state index in [0.29, 0.717) is 22.0 Å². The first-order valence-corrected chi connectivity index (χ1v) is 10.00. The van der Waals surface area contributed by atoms with Gasteiger partial charge in [-0.1, -0.05) is 18.2 Å². The van der Waals surface area contributed by atoms with Crippen molar-refractivity contribution < 1.29 is 27.9 Å². The minimum absolute atomic E-state index is 0.0287. The van der Waals surface area contributed by atoms with E-state index in [4.69, 9.17) is 8.83 Å². The van der Waals surface area contributed by atoms with Gasteiger partial charge in [-0.3, -0.25) is 14.5 Å². The van der Waals surface area contributed by atoms with Crippen LogP contribution in [0.1, 0.15) is 22.4 Å². The predicted octanol–water partition coefficient (Wildman–Crippen LogP) is 4.82. The summed E-state index contributed by atoms with van der Waals surface area (Å²) in [6.45, 7) is 0. The Hall–Kier alpha value is -4.66. The SMILES string of the molecule is O=C(C1=C(O)C(=O)N(c2nc3ccc(F)cc3[nH]2)C1c1ccco1)c1cc2ccccc2o1. The number of carbonyl (C=O) groups excluding carboxylic acids is 2. The van der Waals surface area contributed by atoms with Crippen LogP contribution in [-0.2, 0) is 4.79 Å². The number of nitrogens with zero attached hydrogens (tertiary/aromatic N) is 2. The fourth-order valence-electron chi connectivity index (χ4n) is 4.08. The second-order valence-corrected chi connectivity index (χ2v) is 7.55. The minimum atomic E-state index is -1.11. The van der Waals surface area contributed by atoms with E-state index >= 15 is 0 Å². The Bertz CT molecular complexity index is 1560. The third-order valence-corrected chi connectivity index (χ3v) is 5.57. The predicted molar refractivity (Wildman–Crippen MR) is 115 cm³/mol. The van der Waals surface area contributed by atoms with Crippen LogP contribution in [0.4, 0.5) is 10.3 Å². The van der Waals surface area contributed by atoms with Gasteiger partial charge >= 0.3 is 0 Å².